The molecule has 0 aliphatic carbocycles. The van der Waals surface area contributed by atoms with Crippen molar-refractivity contribution in [3.8, 4) is 0 Å². The third kappa shape index (κ3) is 25.8. The van der Waals surface area contributed by atoms with Crippen LogP contribution in [0.5, 0.6) is 0 Å². The minimum atomic E-state index is 0. The van der Waals surface area contributed by atoms with E-state index in [1.807, 2.05) is 0 Å². The van der Waals surface area contributed by atoms with Crippen LogP contribution in [0.3, 0.4) is 0 Å². The molecule has 0 rings (SSSR count). The van der Waals surface area contributed by atoms with Crippen molar-refractivity contribution in [2.24, 2.45) is 0 Å². The maximum absolute atomic E-state index is 0. The summed E-state index contributed by atoms with van der Waals surface area (Å²) in [5.74, 6) is 0. The van der Waals surface area contributed by atoms with E-state index in [0.717, 1.165) is 0 Å². The predicted molar refractivity (Wildman–Crippen MR) is 5.75 cm³/mol. The molecule has 0 unspecified atom stereocenters. The molecule has 0 N–H and O–H groups in total. The molecule has 0 heterocycles. The Bertz CT molecular complexity index is 10.8. The molecule has 0 spiro atoms. The van der Waals surface area contributed by atoms with Gasteiger partial charge in [0.15, 0.2) is 0 Å². The maximum Gasteiger partial charge on any atom is 3.00 e. The zero-order chi connectivity index (χ0) is 0. The normalized spacial score (nSPS) is 0. The van der Waals surface area contributed by atoms with E-state index in [4.69, 9.17) is 0 Å². The molecule has 0 aliphatic rings. The van der Waals surface area contributed by atoms with E-state index < -0.39 is 0 Å². The third-order valence-electron chi connectivity index (χ3n) is 0. The van der Waals surface area contributed by atoms with Crippen LogP contribution in [-0.4, -0.2) is 37.7 Å². The first-order chi connectivity index (χ1) is 0. The summed E-state index contributed by atoms with van der Waals surface area (Å²) in [5, 5.41) is 0. The van der Waals surface area contributed by atoms with Crippen molar-refractivity contribution in [3.63, 3.8) is 0 Å². The van der Waals surface area contributed by atoms with Crippen LogP contribution in [0.2, 0.25) is 0 Å². The summed E-state index contributed by atoms with van der Waals surface area (Å²) in [4.78, 5) is 0. The molecule has 0 nitrogen and oxygen atoms in total. The van der Waals surface area contributed by atoms with Crippen molar-refractivity contribution in [1.29, 1.82) is 0 Å². The van der Waals surface area contributed by atoms with Crippen molar-refractivity contribution in [3.05, 3.63) is 0 Å². The molecule has 43 valence electrons. The van der Waals surface area contributed by atoms with Gasteiger partial charge in [-0.1, -0.05) is 0 Å². The van der Waals surface area contributed by atoms with Gasteiger partial charge in [0.05, 0.1) is 0 Å². The van der Waals surface area contributed by atoms with Gasteiger partial charge in [-0.2, -0.15) is 0 Å². The van der Waals surface area contributed by atoms with E-state index >= 15 is 0 Å². The van der Waals surface area contributed by atoms with E-state index in [0.29, 0.717) is 0 Å². The zero-order valence-corrected chi connectivity index (χ0v) is 8.25. The van der Waals surface area contributed by atoms with Crippen molar-refractivity contribution in [1.82, 2.24) is 0 Å². The van der Waals surface area contributed by atoms with Crippen LogP contribution in [0, 0.1) is 74.2 Å². The van der Waals surface area contributed by atoms with Gasteiger partial charge in [0.25, 0.3) is 0 Å². The molecular formula is CaErF3Tm+5. The van der Waals surface area contributed by atoms with Gasteiger partial charge in [-0.3, -0.25) is 0 Å². The molecule has 6 heavy (non-hydrogen) atoms. The van der Waals surface area contributed by atoms with Gasteiger partial charge in [-0.15, -0.1) is 0 Å². The Labute approximate surface area is 123 Å². The molecule has 0 aromatic carbocycles. The van der Waals surface area contributed by atoms with Crippen molar-refractivity contribution in [2.75, 3.05) is 0 Å². The number of halogens is 3. The summed E-state index contributed by atoms with van der Waals surface area (Å²) in [6.07, 6.45) is 0. The Morgan fingerprint density at radius 2 is 0.667 bits per heavy atom. The second-order valence-corrected chi connectivity index (χ2v) is 0. The fourth-order valence-electron chi connectivity index (χ4n) is 0. The first-order valence-electron chi connectivity index (χ1n) is 0. The van der Waals surface area contributed by atoms with Gasteiger partial charge < -0.3 is 14.1 Å². The Kier molecular flexibility index (Phi) is 360. The minimum absolute atomic E-state index is 0. The second-order valence-electron chi connectivity index (χ2n) is 0. The Hall–Kier alpha value is 3.53. The van der Waals surface area contributed by atoms with Crippen LogP contribution >= 0.6 is 0 Å². The van der Waals surface area contributed by atoms with Gasteiger partial charge in [0.2, 0.25) is 0 Å². The quantitative estimate of drug-likeness (QED) is 0.333. The zero-order valence-electron chi connectivity index (χ0n) is 2.41. The molecule has 0 saturated carbocycles. The molecule has 0 bridgehead atoms. The fourth-order valence-corrected chi connectivity index (χ4v) is 0. The Balaban J connectivity index is 0. The first kappa shape index (κ1) is 55.6. The van der Waals surface area contributed by atoms with Gasteiger partial charge >= 0.3 is 112 Å². The van der Waals surface area contributed by atoms with Crippen LogP contribution in [0.25, 0.3) is 0 Å². The van der Waals surface area contributed by atoms with Gasteiger partial charge in [-0.25, -0.2) is 0 Å². The monoisotopic (exact) mass is 432 g/mol. The Morgan fingerprint density at radius 1 is 0.667 bits per heavy atom. The second kappa shape index (κ2) is 38.8. The molecule has 0 aromatic rings. The third-order valence-corrected chi connectivity index (χ3v) is 0. The number of rotatable bonds is 0. The summed E-state index contributed by atoms with van der Waals surface area (Å²) >= 11 is 0. The van der Waals surface area contributed by atoms with Gasteiger partial charge in [-0.05, 0) is 0 Å². The molecule has 6 heteroatoms. The first-order valence-corrected chi connectivity index (χ1v) is 0. The number of hydrogen-bond donors (Lipinski definition) is 0. The predicted octanol–water partition coefficient (Wildman–Crippen LogP) is -9.37. The van der Waals surface area contributed by atoms with E-state index in [2.05, 4.69) is 0 Å². The summed E-state index contributed by atoms with van der Waals surface area (Å²) in [5.41, 5.74) is 0. The van der Waals surface area contributed by atoms with Crippen molar-refractivity contribution < 1.29 is 88.3 Å². The van der Waals surface area contributed by atoms with E-state index in [9.17, 15) is 0 Å². The van der Waals surface area contributed by atoms with Crippen LogP contribution < -0.4 is 14.1 Å². The van der Waals surface area contributed by atoms with E-state index in [1.165, 1.54) is 0 Å². The molecule has 0 saturated heterocycles. The SMILES string of the molecule is [Ca+2].[Er+3].[F-].[F-].[F-].[Tm+3]. The van der Waals surface area contributed by atoms with Crippen LogP contribution in [-0.2, 0) is 0 Å². The average molecular weight is 433 g/mol. The summed E-state index contributed by atoms with van der Waals surface area (Å²) in [6.45, 7) is 0. The Morgan fingerprint density at radius 3 is 0.667 bits per heavy atom. The standard InChI is InChI=1S/Ca.Er.3FH.Tm/h;;3*1H;/q+2;+3;;;;+3/p-3. The van der Waals surface area contributed by atoms with E-state index in [1.54, 1.807) is 0 Å². The topological polar surface area (TPSA) is 0 Å². The molecule has 0 aromatic heterocycles. The number of hydrogen-bond acceptors (Lipinski definition) is 0. The van der Waals surface area contributed by atoms with Crippen molar-refractivity contribution in [2.45, 2.75) is 0 Å². The summed E-state index contributed by atoms with van der Waals surface area (Å²) in [6, 6.07) is 0. The molecular weight excluding hydrogens is 433 g/mol. The summed E-state index contributed by atoms with van der Waals surface area (Å²) in [7, 11) is 0. The minimum Gasteiger partial charge on any atom is -1.00 e. The molecule has 0 atom stereocenters. The van der Waals surface area contributed by atoms with Crippen LogP contribution in [0.1, 0.15) is 0 Å². The molecule has 0 fully saturated rings. The fraction of sp³-hybridized carbons (Fsp3) is 0. The maximum atomic E-state index is 0. The van der Waals surface area contributed by atoms with Gasteiger partial charge in [0.1, 0.15) is 0 Å². The van der Waals surface area contributed by atoms with Crippen LogP contribution in [0.4, 0.5) is 0 Å². The molecule has 0 aliphatic heterocycles. The van der Waals surface area contributed by atoms with Crippen LogP contribution in [0.15, 0.2) is 0 Å². The van der Waals surface area contributed by atoms with E-state index in [-0.39, 0.29) is 126 Å². The smallest absolute Gasteiger partial charge is 1.00 e. The van der Waals surface area contributed by atoms with Gasteiger partial charge in [0, 0.05) is 0 Å². The molecule has 0 amide bonds. The summed E-state index contributed by atoms with van der Waals surface area (Å²) < 4.78 is 0. The largest absolute Gasteiger partial charge is 3.00 e. The van der Waals surface area contributed by atoms with Crippen molar-refractivity contribution >= 4 is 37.7 Å². The molecule has 1 radical (unpaired) electrons. The average Bonchev–Trinajstić information content (AvgIpc) is 0.